The molecule has 0 saturated carbocycles. The zero-order chi connectivity index (χ0) is 13.1. The van der Waals surface area contributed by atoms with E-state index in [9.17, 15) is 9.59 Å². The number of fused-ring (bicyclic) bond motifs is 1. The quantitative estimate of drug-likeness (QED) is 0.730. The number of H-pyrrole nitrogens is 1. The number of aromatic amines is 1. The number of carboxylic acid groups (broad SMARTS) is 1. The van der Waals surface area contributed by atoms with Crippen molar-refractivity contribution in [2.45, 2.75) is 19.5 Å². The third-order valence-corrected chi connectivity index (χ3v) is 2.61. The van der Waals surface area contributed by atoms with Crippen molar-refractivity contribution in [1.29, 1.82) is 0 Å². The van der Waals surface area contributed by atoms with Crippen LogP contribution >= 0.6 is 0 Å². The standard InChI is InChI=1S/C12H13N3O3/c1-7(12(17)18)13-6-10-14-9-5-3-2-4-8(9)11(16)15-10/h2-5,7,13H,6H2,1H3,(H,17,18)(H,14,15,16)/t7-/m0/s1. The van der Waals surface area contributed by atoms with Crippen molar-refractivity contribution in [3.63, 3.8) is 0 Å². The van der Waals surface area contributed by atoms with E-state index in [0.717, 1.165) is 0 Å². The number of hydrogen-bond donors (Lipinski definition) is 3. The summed E-state index contributed by atoms with van der Waals surface area (Å²) in [5, 5.41) is 12.0. The van der Waals surface area contributed by atoms with Gasteiger partial charge in [0.2, 0.25) is 0 Å². The Morgan fingerprint density at radius 1 is 1.50 bits per heavy atom. The van der Waals surface area contributed by atoms with Crippen molar-refractivity contribution in [2.75, 3.05) is 0 Å². The zero-order valence-electron chi connectivity index (χ0n) is 9.80. The molecule has 2 aromatic rings. The van der Waals surface area contributed by atoms with Crippen LogP contribution in [0.15, 0.2) is 29.1 Å². The molecule has 3 N–H and O–H groups in total. The molecule has 0 fully saturated rings. The van der Waals surface area contributed by atoms with E-state index in [1.54, 1.807) is 24.3 Å². The largest absolute Gasteiger partial charge is 0.480 e. The number of benzene rings is 1. The third-order valence-electron chi connectivity index (χ3n) is 2.61. The monoisotopic (exact) mass is 247 g/mol. The molecule has 0 aliphatic carbocycles. The Kier molecular flexibility index (Phi) is 3.38. The van der Waals surface area contributed by atoms with Gasteiger partial charge in [-0.15, -0.1) is 0 Å². The lowest BCUT2D eigenvalue weighted by atomic mass is 10.2. The van der Waals surface area contributed by atoms with Crippen LogP contribution in [-0.2, 0) is 11.3 Å². The van der Waals surface area contributed by atoms with Gasteiger partial charge in [-0.1, -0.05) is 12.1 Å². The van der Waals surface area contributed by atoms with Crippen LogP contribution in [0.2, 0.25) is 0 Å². The van der Waals surface area contributed by atoms with Gasteiger partial charge in [-0.3, -0.25) is 14.9 Å². The Morgan fingerprint density at radius 3 is 2.94 bits per heavy atom. The molecular formula is C12H13N3O3. The molecule has 1 heterocycles. The van der Waals surface area contributed by atoms with Crippen LogP contribution < -0.4 is 10.9 Å². The van der Waals surface area contributed by atoms with Gasteiger partial charge < -0.3 is 10.1 Å². The molecule has 1 atom stereocenters. The second-order valence-electron chi connectivity index (χ2n) is 3.97. The molecule has 0 aliphatic rings. The van der Waals surface area contributed by atoms with E-state index in [2.05, 4.69) is 15.3 Å². The molecule has 94 valence electrons. The Labute approximate surface area is 103 Å². The van der Waals surface area contributed by atoms with Gasteiger partial charge in [-0.2, -0.15) is 0 Å². The summed E-state index contributed by atoms with van der Waals surface area (Å²) in [5.41, 5.74) is 0.376. The van der Waals surface area contributed by atoms with E-state index in [4.69, 9.17) is 5.11 Å². The summed E-state index contributed by atoms with van der Waals surface area (Å²) < 4.78 is 0. The Morgan fingerprint density at radius 2 is 2.22 bits per heavy atom. The van der Waals surface area contributed by atoms with E-state index in [0.29, 0.717) is 16.7 Å². The topological polar surface area (TPSA) is 95.1 Å². The molecule has 1 aromatic carbocycles. The lowest BCUT2D eigenvalue weighted by Crippen LogP contribution is -2.34. The van der Waals surface area contributed by atoms with Crippen LogP contribution in [0.5, 0.6) is 0 Å². The molecule has 0 aliphatic heterocycles. The highest BCUT2D eigenvalue weighted by Crippen LogP contribution is 2.05. The minimum absolute atomic E-state index is 0.202. The molecule has 0 saturated heterocycles. The maximum absolute atomic E-state index is 11.7. The zero-order valence-corrected chi connectivity index (χ0v) is 9.80. The minimum Gasteiger partial charge on any atom is -0.480 e. The lowest BCUT2D eigenvalue weighted by molar-refractivity contribution is -0.139. The number of rotatable bonds is 4. The summed E-state index contributed by atoms with van der Waals surface area (Å²) in [6, 6.07) is 6.31. The van der Waals surface area contributed by atoms with Gasteiger partial charge in [-0.05, 0) is 19.1 Å². The molecule has 0 radical (unpaired) electrons. The van der Waals surface area contributed by atoms with Gasteiger partial charge in [0.15, 0.2) is 0 Å². The van der Waals surface area contributed by atoms with Crippen LogP contribution in [0.1, 0.15) is 12.7 Å². The summed E-state index contributed by atoms with van der Waals surface area (Å²) in [4.78, 5) is 29.3. The van der Waals surface area contributed by atoms with Gasteiger partial charge in [0, 0.05) is 0 Å². The number of nitrogens with zero attached hydrogens (tertiary/aromatic N) is 1. The smallest absolute Gasteiger partial charge is 0.320 e. The number of carbonyl (C=O) groups is 1. The Bertz CT molecular complexity index is 636. The molecule has 2 rings (SSSR count). The predicted octanol–water partition coefficient (Wildman–Crippen LogP) is 0.486. The van der Waals surface area contributed by atoms with E-state index < -0.39 is 12.0 Å². The maximum Gasteiger partial charge on any atom is 0.320 e. The van der Waals surface area contributed by atoms with Crippen LogP contribution in [0.25, 0.3) is 10.9 Å². The second kappa shape index (κ2) is 4.97. The summed E-state index contributed by atoms with van der Waals surface area (Å²) in [6.07, 6.45) is 0. The molecule has 18 heavy (non-hydrogen) atoms. The summed E-state index contributed by atoms with van der Waals surface area (Å²) in [6.45, 7) is 1.73. The van der Waals surface area contributed by atoms with E-state index in [1.807, 2.05) is 0 Å². The molecule has 6 heteroatoms. The average molecular weight is 247 g/mol. The fourth-order valence-electron chi connectivity index (χ4n) is 1.56. The molecule has 6 nitrogen and oxygen atoms in total. The fourth-order valence-corrected chi connectivity index (χ4v) is 1.56. The van der Waals surface area contributed by atoms with Crippen LogP contribution in [0.3, 0.4) is 0 Å². The number of aliphatic carboxylic acids is 1. The highest BCUT2D eigenvalue weighted by atomic mass is 16.4. The van der Waals surface area contributed by atoms with Gasteiger partial charge >= 0.3 is 5.97 Å². The van der Waals surface area contributed by atoms with E-state index in [-0.39, 0.29) is 12.1 Å². The number of hydrogen-bond acceptors (Lipinski definition) is 4. The first-order chi connectivity index (χ1) is 8.58. The first-order valence-electron chi connectivity index (χ1n) is 5.52. The van der Waals surface area contributed by atoms with Crippen LogP contribution in [-0.4, -0.2) is 27.1 Å². The highest BCUT2D eigenvalue weighted by Gasteiger charge is 2.10. The van der Waals surface area contributed by atoms with Gasteiger partial charge in [-0.25, -0.2) is 4.98 Å². The van der Waals surface area contributed by atoms with Crippen molar-refractivity contribution >= 4 is 16.9 Å². The van der Waals surface area contributed by atoms with Crippen molar-refractivity contribution in [3.8, 4) is 0 Å². The first-order valence-corrected chi connectivity index (χ1v) is 5.52. The van der Waals surface area contributed by atoms with Crippen LogP contribution in [0, 0.1) is 0 Å². The summed E-state index contributed by atoms with van der Waals surface area (Å²) in [5.74, 6) is -0.523. The molecule has 0 unspecified atom stereocenters. The summed E-state index contributed by atoms with van der Waals surface area (Å²) >= 11 is 0. The molecule has 0 spiro atoms. The van der Waals surface area contributed by atoms with Gasteiger partial charge in [0.05, 0.1) is 17.4 Å². The Balaban J connectivity index is 2.25. The molecular weight excluding hydrogens is 234 g/mol. The average Bonchev–Trinajstić information content (AvgIpc) is 2.36. The number of carboxylic acids is 1. The highest BCUT2D eigenvalue weighted by molar-refractivity contribution is 5.77. The number of nitrogens with one attached hydrogen (secondary N) is 2. The number of aromatic nitrogens is 2. The van der Waals surface area contributed by atoms with Crippen molar-refractivity contribution in [2.24, 2.45) is 0 Å². The van der Waals surface area contributed by atoms with E-state index in [1.165, 1.54) is 6.92 Å². The van der Waals surface area contributed by atoms with E-state index >= 15 is 0 Å². The van der Waals surface area contributed by atoms with Gasteiger partial charge in [0.1, 0.15) is 11.9 Å². The minimum atomic E-state index is -0.946. The van der Waals surface area contributed by atoms with Crippen molar-refractivity contribution in [3.05, 3.63) is 40.4 Å². The summed E-state index contributed by atoms with van der Waals surface area (Å²) in [7, 11) is 0. The van der Waals surface area contributed by atoms with Gasteiger partial charge in [0.25, 0.3) is 5.56 Å². The second-order valence-corrected chi connectivity index (χ2v) is 3.97. The molecule has 0 bridgehead atoms. The van der Waals surface area contributed by atoms with Crippen molar-refractivity contribution < 1.29 is 9.90 Å². The third kappa shape index (κ3) is 2.54. The normalized spacial score (nSPS) is 12.5. The fraction of sp³-hybridized carbons (Fsp3) is 0.250. The molecule has 0 amide bonds. The van der Waals surface area contributed by atoms with Crippen LogP contribution in [0.4, 0.5) is 0 Å². The number of para-hydroxylation sites is 1. The molecule has 1 aromatic heterocycles. The lowest BCUT2D eigenvalue weighted by Gasteiger charge is -2.08. The van der Waals surface area contributed by atoms with Crippen molar-refractivity contribution in [1.82, 2.24) is 15.3 Å². The Hall–Kier alpha value is -2.21. The first kappa shape index (κ1) is 12.3. The maximum atomic E-state index is 11.7. The SMILES string of the molecule is C[C@H](NCc1nc2ccccc2c(=O)[nH]1)C(=O)O. The predicted molar refractivity (Wildman–Crippen MR) is 66.3 cm³/mol.